The van der Waals surface area contributed by atoms with Crippen LogP contribution in [-0.4, -0.2) is 37.2 Å². The van der Waals surface area contributed by atoms with E-state index in [0.29, 0.717) is 17.8 Å². The minimum Gasteiger partial charge on any atom is -0.504 e. The summed E-state index contributed by atoms with van der Waals surface area (Å²) in [5.41, 5.74) is 1.14. The molecule has 0 aliphatic carbocycles. The smallest absolute Gasteiger partial charge is 0.331 e. The zero-order valence-corrected chi connectivity index (χ0v) is 15.0. The second kappa shape index (κ2) is 9.38. The molecule has 2 rings (SSSR count). The number of hydrogen-bond acceptors (Lipinski definition) is 5. The molecule has 1 amide bonds. The summed E-state index contributed by atoms with van der Waals surface area (Å²) in [5.74, 6) is -1.24. The monoisotopic (exact) mass is 373 g/mol. The van der Waals surface area contributed by atoms with Gasteiger partial charge in [-0.3, -0.25) is 4.79 Å². The molecule has 0 radical (unpaired) electrons. The number of esters is 1. The molecule has 2 aromatic carbocycles. The van der Waals surface area contributed by atoms with Crippen molar-refractivity contribution in [3.63, 3.8) is 0 Å². The number of likely N-dealkylation sites (N-methyl/N-ethyl adjacent to an activating group) is 1. The van der Waals surface area contributed by atoms with Gasteiger partial charge in [0.1, 0.15) is 5.82 Å². The highest BCUT2D eigenvalue weighted by Gasteiger charge is 2.15. The van der Waals surface area contributed by atoms with Gasteiger partial charge in [0.15, 0.2) is 18.1 Å². The normalized spacial score (nSPS) is 10.6. The lowest BCUT2D eigenvalue weighted by Crippen LogP contribution is -2.34. The number of carbonyl (C=O) groups excluding carboxylic acids is 2. The quantitative estimate of drug-likeness (QED) is 0.596. The van der Waals surface area contributed by atoms with Gasteiger partial charge in [0.2, 0.25) is 0 Å². The van der Waals surface area contributed by atoms with Gasteiger partial charge < -0.3 is 19.5 Å². The SMILES string of the molecule is CCN(C(=O)COC(=O)/C=C/c1ccc(O)c(OC)c1)c1ccc(F)cc1. The minimum absolute atomic E-state index is 0.0109. The number of amides is 1. The molecule has 0 aliphatic heterocycles. The van der Waals surface area contributed by atoms with E-state index in [1.54, 1.807) is 19.1 Å². The van der Waals surface area contributed by atoms with Crippen LogP contribution in [0, 0.1) is 5.82 Å². The number of rotatable bonds is 7. The molecule has 0 aliphatic rings. The zero-order valence-electron chi connectivity index (χ0n) is 15.0. The number of methoxy groups -OCH3 is 1. The molecule has 0 atom stereocenters. The molecule has 0 saturated heterocycles. The van der Waals surface area contributed by atoms with Gasteiger partial charge in [-0.25, -0.2) is 9.18 Å². The molecule has 142 valence electrons. The Morgan fingerprint density at radius 2 is 1.89 bits per heavy atom. The van der Waals surface area contributed by atoms with E-state index in [0.717, 1.165) is 0 Å². The van der Waals surface area contributed by atoms with Crippen molar-refractivity contribution in [2.45, 2.75) is 6.92 Å². The van der Waals surface area contributed by atoms with E-state index in [2.05, 4.69) is 0 Å². The van der Waals surface area contributed by atoms with Crippen LogP contribution < -0.4 is 9.64 Å². The first-order valence-electron chi connectivity index (χ1n) is 8.22. The van der Waals surface area contributed by atoms with Gasteiger partial charge in [-0.2, -0.15) is 0 Å². The third-order valence-electron chi connectivity index (χ3n) is 3.71. The van der Waals surface area contributed by atoms with E-state index in [1.165, 1.54) is 54.5 Å². The van der Waals surface area contributed by atoms with Crippen molar-refractivity contribution >= 4 is 23.6 Å². The predicted molar refractivity (Wildman–Crippen MR) is 99.1 cm³/mol. The Balaban J connectivity index is 1.93. The first-order valence-corrected chi connectivity index (χ1v) is 8.22. The largest absolute Gasteiger partial charge is 0.504 e. The Morgan fingerprint density at radius 3 is 2.52 bits per heavy atom. The summed E-state index contributed by atoms with van der Waals surface area (Å²) >= 11 is 0. The molecule has 6 nitrogen and oxygen atoms in total. The average molecular weight is 373 g/mol. The van der Waals surface area contributed by atoms with Gasteiger partial charge in [0, 0.05) is 18.3 Å². The highest BCUT2D eigenvalue weighted by atomic mass is 19.1. The molecule has 27 heavy (non-hydrogen) atoms. The van der Waals surface area contributed by atoms with Crippen LogP contribution in [0.15, 0.2) is 48.5 Å². The second-order valence-corrected chi connectivity index (χ2v) is 5.49. The number of ether oxygens (including phenoxy) is 2. The Bertz CT molecular complexity index is 833. The number of halogens is 1. The van der Waals surface area contributed by atoms with Crippen molar-refractivity contribution in [1.29, 1.82) is 0 Å². The number of nitrogens with zero attached hydrogens (tertiary/aromatic N) is 1. The van der Waals surface area contributed by atoms with Crippen molar-refractivity contribution in [1.82, 2.24) is 0 Å². The summed E-state index contributed by atoms with van der Waals surface area (Å²) < 4.78 is 22.9. The van der Waals surface area contributed by atoms with Crippen LogP contribution in [0.25, 0.3) is 6.08 Å². The maximum absolute atomic E-state index is 13.0. The molecule has 1 N–H and O–H groups in total. The number of hydrogen-bond donors (Lipinski definition) is 1. The predicted octanol–water partition coefficient (Wildman–Crippen LogP) is 3.15. The topological polar surface area (TPSA) is 76.1 Å². The van der Waals surface area contributed by atoms with Crippen molar-refractivity contribution in [2.24, 2.45) is 0 Å². The highest BCUT2D eigenvalue weighted by Crippen LogP contribution is 2.26. The fourth-order valence-corrected chi connectivity index (χ4v) is 2.35. The van der Waals surface area contributed by atoms with E-state index in [4.69, 9.17) is 9.47 Å². The molecule has 0 heterocycles. The third-order valence-corrected chi connectivity index (χ3v) is 3.71. The maximum atomic E-state index is 13.0. The summed E-state index contributed by atoms with van der Waals surface area (Å²) in [6, 6.07) is 10.1. The van der Waals surface area contributed by atoms with E-state index in [9.17, 15) is 19.1 Å². The molecule has 0 unspecified atom stereocenters. The van der Waals surface area contributed by atoms with E-state index in [1.807, 2.05) is 0 Å². The van der Waals surface area contributed by atoms with E-state index < -0.39 is 24.3 Å². The second-order valence-electron chi connectivity index (χ2n) is 5.49. The van der Waals surface area contributed by atoms with Crippen LogP contribution in [0.5, 0.6) is 11.5 Å². The van der Waals surface area contributed by atoms with E-state index in [-0.39, 0.29) is 11.5 Å². The van der Waals surface area contributed by atoms with Gasteiger partial charge in [-0.15, -0.1) is 0 Å². The molecule has 0 bridgehead atoms. The lowest BCUT2D eigenvalue weighted by molar-refractivity contribution is -0.142. The average Bonchev–Trinajstić information content (AvgIpc) is 2.67. The molecular weight excluding hydrogens is 353 g/mol. The van der Waals surface area contributed by atoms with Crippen LogP contribution in [0.4, 0.5) is 10.1 Å². The number of carbonyl (C=O) groups is 2. The van der Waals surface area contributed by atoms with E-state index >= 15 is 0 Å². The molecule has 0 fully saturated rings. The van der Waals surface area contributed by atoms with Crippen LogP contribution >= 0.6 is 0 Å². The minimum atomic E-state index is -0.689. The standard InChI is InChI=1S/C20H20FNO5/c1-3-22(16-8-6-15(21)7-9-16)19(24)13-27-20(25)11-5-14-4-10-17(23)18(12-14)26-2/h4-12,23H,3,13H2,1-2H3/b11-5+. The number of phenolic OH excluding ortho intramolecular Hbond substituents is 1. The van der Waals surface area contributed by atoms with Gasteiger partial charge >= 0.3 is 5.97 Å². The van der Waals surface area contributed by atoms with Crippen LogP contribution in [0.3, 0.4) is 0 Å². The molecule has 7 heteroatoms. The van der Waals surface area contributed by atoms with Crippen molar-refractivity contribution < 1.29 is 28.6 Å². The first-order chi connectivity index (χ1) is 12.9. The summed E-state index contributed by atoms with van der Waals surface area (Å²) in [6.45, 7) is 1.68. The maximum Gasteiger partial charge on any atom is 0.331 e. The van der Waals surface area contributed by atoms with Crippen molar-refractivity contribution in [2.75, 3.05) is 25.2 Å². The fraction of sp³-hybridized carbons (Fsp3) is 0.200. The molecular formula is C20H20FNO5. The Morgan fingerprint density at radius 1 is 1.19 bits per heavy atom. The summed E-state index contributed by atoms with van der Waals surface area (Å²) in [6.07, 6.45) is 2.65. The number of aromatic hydroxyl groups is 1. The number of benzene rings is 2. The van der Waals surface area contributed by atoms with Gasteiger partial charge in [0.25, 0.3) is 5.91 Å². The highest BCUT2D eigenvalue weighted by molar-refractivity contribution is 5.96. The Hall–Kier alpha value is -3.35. The summed E-state index contributed by atoms with van der Waals surface area (Å²) in [4.78, 5) is 25.5. The van der Waals surface area contributed by atoms with Gasteiger partial charge in [-0.1, -0.05) is 6.07 Å². The lowest BCUT2D eigenvalue weighted by Gasteiger charge is -2.20. The number of anilines is 1. The first kappa shape index (κ1) is 20.0. The zero-order chi connectivity index (χ0) is 19.8. The molecule has 2 aromatic rings. The molecule has 0 spiro atoms. The molecule has 0 aromatic heterocycles. The van der Waals surface area contributed by atoms with Crippen molar-refractivity contribution in [3.05, 3.63) is 59.9 Å². The Kier molecular flexibility index (Phi) is 6.93. The Labute approximate surface area is 156 Å². The summed E-state index contributed by atoms with van der Waals surface area (Å²) in [5, 5.41) is 9.54. The lowest BCUT2D eigenvalue weighted by atomic mass is 10.2. The fourth-order valence-electron chi connectivity index (χ4n) is 2.35. The van der Waals surface area contributed by atoms with Crippen LogP contribution in [-0.2, 0) is 14.3 Å². The van der Waals surface area contributed by atoms with Crippen molar-refractivity contribution in [3.8, 4) is 11.5 Å². The number of phenols is 1. The third kappa shape index (κ3) is 5.57. The summed E-state index contributed by atoms with van der Waals surface area (Å²) in [7, 11) is 1.42. The van der Waals surface area contributed by atoms with Crippen LogP contribution in [0.1, 0.15) is 12.5 Å². The molecule has 0 saturated carbocycles. The van der Waals surface area contributed by atoms with Gasteiger partial charge in [-0.05, 0) is 55.0 Å². The van der Waals surface area contributed by atoms with Gasteiger partial charge in [0.05, 0.1) is 7.11 Å². The van der Waals surface area contributed by atoms with Crippen LogP contribution in [0.2, 0.25) is 0 Å².